The molecule has 1 aromatic heterocycles. The molecular weight excluding hydrogens is 258 g/mol. The Hall–Kier alpha value is -1.69. The van der Waals surface area contributed by atoms with E-state index in [9.17, 15) is 14.7 Å². The van der Waals surface area contributed by atoms with Gasteiger partial charge in [0, 0.05) is 12.7 Å². The topological polar surface area (TPSA) is 95.1 Å². The summed E-state index contributed by atoms with van der Waals surface area (Å²) in [7, 11) is 0. The molecule has 6 nitrogen and oxygen atoms in total. The molecule has 1 aromatic rings. The number of amides is 1. The summed E-state index contributed by atoms with van der Waals surface area (Å²) >= 11 is 0. The Bertz CT molecular complexity index is 520. The van der Waals surface area contributed by atoms with Crippen molar-refractivity contribution in [3.8, 4) is 0 Å². The molecule has 0 spiro atoms. The first-order valence-electron chi connectivity index (χ1n) is 6.85. The highest BCUT2D eigenvalue weighted by atomic mass is 16.3. The van der Waals surface area contributed by atoms with E-state index in [1.165, 1.54) is 6.20 Å². The largest absolute Gasteiger partial charge is 0.388 e. The van der Waals surface area contributed by atoms with Crippen molar-refractivity contribution >= 4 is 5.91 Å². The predicted molar refractivity (Wildman–Crippen MR) is 74.4 cm³/mol. The van der Waals surface area contributed by atoms with Crippen molar-refractivity contribution in [1.29, 1.82) is 0 Å². The van der Waals surface area contributed by atoms with Gasteiger partial charge in [-0.05, 0) is 31.1 Å². The number of carbonyl (C=O) groups excluding carboxylic acids is 1. The van der Waals surface area contributed by atoms with E-state index in [0.29, 0.717) is 12.8 Å². The molecule has 110 valence electrons. The Balaban J connectivity index is 1.90. The first-order valence-corrected chi connectivity index (χ1v) is 6.85. The summed E-state index contributed by atoms with van der Waals surface area (Å²) in [4.78, 5) is 28.9. The molecule has 1 aliphatic rings. The maximum atomic E-state index is 11.9. The monoisotopic (exact) mass is 279 g/mol. The molecule has 1 aliphatic carbocycles. The first-order chi connectivity index (χ1) is 9.30. The van der Waals surface area contributed by atoms with Gasteiger partial charge in [0.25, 0.3) is 11.5 Å². The third kappa shape index (κ3) is 3.66. The molecule has 1 amide bonds. The number of aromatic amines is 1. The number of hydrogen-bond donors (Lipinski definition) is 3. The van der Waals surface area contributed by atoms with E-state index in [0.717, 1.165) is 19.0 Å². The number of aromatic nitrogens is 2. The van der Waals surface area contributed by atoms with Crippen LogP contribution in [0.1, 0.15) is 50.0 Å². The predicted octanol–water partition coefficient (Wildman–Crippen LogP) is 0.831. The van der Waals surface area contributed by atoms with Gasteiger partial charge >= 0.3 is 0 Å². The van der Waals surface area contributed by atoms with E-state index < -0.39 is 5.60 Å². The summed E-state index contributed by atoms with van der Waals surface area (Å²) < 4.78 is 0. The lowest BCUT2D eigenvalue weighted by Gasteiger charge is -2.40. The van der Waals surface area contributed by atoms with Gasteiger partial charge in [-0.2, -0.15) is 0 Å². The summed E-state index contributed by atoms with van der Waals surface area (Å²) in [6.07, 6.45) is 5.57. The summed E-state index contributed by atoms with van der Waals surface area (Å²) in [5.74, 6) is -0.389. The van der Waals surface area contributed by atoms with Crippen LogP contribution in [0.25, 0.3) is 0 Å². The minimum atomic E-state index is -0.840. The van der Waals surface area contributed by atoms with E-state index in [4.69, 9.17) is 0 Å². The van der Waals surface area contributed by atoms with Gasteiger partial charge in [-0.1, -0.05) is 13.8 Å². The highest BCUT2D eigenvalue weighted by Gasteiger charge is 2.36. The molecule has 1 saturated carbocycles. The van der Waals surface area contributed by atoms with Crippen LogP contribution in [-0.2, 0) is 0 Å². The van der Waals surface area contributed by atoms with Gasteiger partial charge in [0.05, 0.1) is 11.8 Å². The van der Waals surface area contributed by atoms with E-state index in [1.807, 2.05) is 0 Å². The smallest absolute Gasteiger partial charge is 0.271 e. The van der Waals surface area contributed by atoms with Crippen molar-refractivity contribution in [3.63, 3.8) is 0 Å². The van der Waals surface area contributed by atoms with Crippen LogP contribution in [0.4, 0.5) is 0 Å². The standard InChI is InChI=1S/C14H21N3O3/c1-13(2)3-5-14(20,6-4-13)9-17-12(19)10-7-16-11(18)8-15-10/h7-8,20H,3-6,9H2,1-2H3,(H,16,18)(H,17,19). The lowest BCUT2D eigenvalue weighted by molar-refractivity contribution is -0.0233. The molecule has 0 radical (unpaired) electrons. The van der Waals surface area contributed by atoms with Crippen LogP contribution < -0.4 is 10.9 Å². The van der Waals surface area contributed by atoms with Crippen LogP contribution >= 0.6 is 0 Å². The SMILES string of the molecule is CC1(C)CCC(O)(CNC(=O)c2c[nH]c(=O)cn2)CC1. The van der Waals surface area contributed by atoms with Gasteiger partial charge < -0.3 is 15.4 Å². The molecule has 1 fully saturated rings. The van der Waals surface area contributed by atoms with Crippen molar-refractivity contribution < 1.29 is 9.90 Å². The van der Waals surface area contributed by atoms with E-state index in [1.54, 1.807) is 0 Å². The first kappa shape index (κ1) is 14.7. The van der Waals surface area contributed by atoms with Crippen LogP contribution in [0.5, 0.6) is 0 Å². The Kier molecular flexibility index (Phi) is 3.94. The van der Waals surface area contributed by atoms with Crippen molar-refractivity contribution in [1.82, 2.24) is 15.3 Å². The van der Waals surface area contributed by atoms with Gasteiger partial charge in [-0.15, -0.1) is 0 Å². The highest BCUT2D eigenvalue weighted by molar-refractivity contribution is 5.91. The third-order valence-corrected chi connectivity index (χ3v) is 4.02. The van der Waals surface area contributed by atoms with Crippen LogP contribution in [-0.4, -0.2) is 33.1 Å². The van der Waals surface area contributed by atoms with Gasteiger partial charge in [0.15, 0.2) is 0 Å². The number of hydrogen-bond acceptors (Lipinski definition) is 4. The minimum Gasteiger partial charge on any atom is -0.388 e. The summed E-state index contributed by atoms with van der Waals surface area (Å²) in [6.45, 7) is 4.59. The van der Waals surface area contributed by atoms with Crippen LogP contribution in [0.3, 0.4) is 0 Å². The average molecular weight is 279 g/mol. The quantitative estimate of drug-likeness (QED) is 0.763. The summed E-state index contributed by atoms with van der Waals surface area (Å²) in [5, 5.41) is 13.1. The Labute approximate surface area is 117 Å². The Morgan fingerprint density at radius 2 is 2.05 bits per heavy atom. The summed E-state index contributed by atoms with van der Waals surface area (Å²) in [5.41, 5.74) is -0.789. The molecule has 0 unspecified atom stereocenters. The van der Waals surface area contributed by atoms with Gasteiger partial charge in [-0.25, -0.2) is 4.98 Å². The zero-order chi connectivity index (χ0) is 14.8. The van der Waals surface area contributed by atoms with Crippen molar-refractivity contribution in [2.75, 3.05) is 6.54 Å². The number of H-pyrrole nitrogens is 1. The molecule has 6 heteroatoms. The highest BCUT2D eigenvalue weighted by Crippen LogP contribution is 2.39. The Morgan fingerprint density at radius 1 is 1.40 bits per heavy atom. The molecule has 3 N–H and O–H groups in total. The van der Waals surface area contributed by atoms with Gasteiger partial charge in [0.2, 0.25) is 0 Å². The van der Waals surface area contributed by atoms with Crippen LogP contribution in [0.15, 0.2) is 17.2 Å². The zero-order valence-electron chi connectivity index (χ0n) is 11.9. The molecule has 0 aromatic carbocycles. The number of carbonyl (C=O) groups is 1. The molecular formula is C14H21N3O3. The number of nitrogens with one attached hydrogen (secondary N) is 2. The maximum Gasteiger partial charge on any atom is 0.271 e. The second-order valence-electron chi connectivity index (χ2n) is 6.37. The van der Waals surface area contributed by atoms with E-state index in [2.05, 4.69) is 29.1 Å². The fourth-order valence-electron chi connectivity index (χ4n) is 2.37. The fourth-order valence-corrected chi connectivity index (χ4v) is 2.37. The van der Waals surface area contributed by atoms with E-state index >= 15 is 0 Å². The van der Waals surface area contributed by atoms with Crippen molar-refractivity contribution in [2.45, 2.75) is 45.1 Å². The van der Waals surface area contributed by atoms with Crippen molar-refractivity contribution in [3.05, 3.63) is 28.4 Å². The average Bonchev–Trinajstić information content (AvgIpc) is 2.41. The molecule has 2 rings (SSSR count). The maximum absolute atomic E-state index is 11.9. The second kappa shape index (κ2) is 5.36. The van der Waals surface area contributed by atoms with Crippen molar-refractivity contribution in [2.24, 2.45) is 5.41 Å². The molecule has 0 bridgehead atoms. The number of nitrogens with zero attached hydrogens (tertiary/aromatic N) is 1. The minimum absolute atomic E-state index is 0.143. The van der Waals surface area contributed by atoms with Gasteiger partial charge in [0.1, 0.15) is 5.69 Å². The number of rotatable bonds is 3. The fraction of sp³-hybridized carbons (Fsp3) is 0.643. The van der Waals surface area contributed by atoms with Gasteiger partial charge in [-0.3, -0.25) is 9.59 Å². The molecule has 0 atom stereocenters. The molecule has 0 saturated heterocycles. The normalized spacial score (nSPS) is 20.4. The van der Waals surface area contributed by atoms with E-state index in [-0.39, 0.29) is 29.1 Å². The second-order valence-corrected chi connectivity index (χ2v) is 6.37. The van der Waals surface area contributed by atoms with Crippen LogP contribution in [0, 0.1) is 5.41 Å². The number of aliphatic hydroxyl groups is 1. The lowest BCUT2D eigenvalue weighted by Crippen LogP contribution is -2.46. The third-order valence-electron chi connectivity index (χ3n) is 4.02. The zero-order valence-corrected chi connectivity index (χ0v) is 11.9. The molecule has 20 heavy (non-hydrogen) atoms. The molecule has 1 heterocycles. The Morgan fingerprint density at radius 3 is 2.60 bits per heavy atom. The summed E-state index contributed by atoms with van der Waals surface area (Å²) in [6, 6.07) is 0. The molecule has 0 aliphatic heterocycles. The lowest BCUT2D eigenvalue weighted by atomic mass is 9.71. The van der Waals surface area contributed by atoms with Crippen LogP contribution in [0.2, 0.25) is 0 Å².